The van der Waals surface area contributed by atoms with E-state index in [1.807, 2.05) is 26.8 Å². The number of thioether (sulfide) groups is 1. The van der Waals surface area contributed by atoms with E-state index in [9.17, 15) is 9.59 Å². The zero-order valence-electron chi connectivity index (χ0n) is 13.4. The third kappa shape index (κ3) is 3.19. The number of H-pyrrole nitrogens is 1. The Morgan fingerprint density at radius 1 is 1.43 bits per heavy atom. The highest BCUT2D eigenvalue weighted by molar-refractivity contribution is 7.99. The largest absolute Gasteiger partial charge is 0.350 e. The minimum Gasteiger partial charge on any atom is -0.350 e. The first kappa shape index (κ1) is 15.9. The Balaban J connectivity index is 1.85. The number of aromatic amines is 1. The highest BCUT2D eigenvalue weighted by atomic mass is 32.2. The van der Waals surface area contributed by atoms with Crippen molar-refractivity contribution in [2.45, 2.75) is 32.4 Å². The van der Waals surface area contributed by atoms with Crippen LogP contribution in [0.2, 0.25) is 0 Å². The van der Waals surface area contributed by atoms with Gasteiger partial charge in [-0.1, -0.05) is 0 Å². The highest BCUT2D eigenvalue weighted by Gasteiger charge is 2.37. The van der Waals surface area contributed by atoms with Gasteiger partial charge in [-0.15, -0.1) is 11.8 Å². The molecule has 6 nitrogen and oxygen atoms in total. The number of nitrogens with zero attached hydrogens (tertiary/aromatic N) is 2. The number of rotatable bonds is 2. The fourth-order valence-corrected chi connectivity index (χ4v) is 3.75. The molecule has 0 bridgehead atoms. The number of hydrogen-bond donors (Lipinski definition) is 2. The van der Waals surface area contributed by atoms with Crippen molar-refractivity contribution in [2.24, 2.45) is 0 Å². The number of hydrogen-bond acceptors (Lipinski definition) is 4. The van der Waals surface area contributed by atoms with Crippen LogP contribution in [0.4, 0.5) is 0 Å². The first-order valence-electron chi connectivity index (χ1n) is 7.50. The van der Waals surface area contributed by atoms with Gasteiger partial charge in [-0.25, -0.2) is 4.98 Å². The van der Waals surface area contributed by atoms with Crippen molar-refractivity contribution in [3.8, 4) is 0 Å². The number of pyridine rings is 1. The van der Waals surface area contributed by atoms with Crippen LogP contribution in [0.5, 0.6) is 0 Å². The second kappa shape index (κ2) is 5.88. The van der Waals surface area contributed by atoms with Crippen LogP contribution in [0.25, 0.3) is 11.0 Å². The van der Waals surface area contributed by atoms with E-state index in [4.69, 9.17) is 0 Å². The first-order valence-corrected chi connectivity index (χ1v) is 8.65. The minimum atomic E-state index is -0.437. The topological polar surface area (TPSA) is 78.1 Å². The van der Waals surface area contributed by atoms with Crippen LogP contribution in [0, 0.1) is 0 Å². The molecule has 2 N–H and O–H groups in total. The monoisotopic (exact) mass is 332 g/mol. The van der Waals surface area contributed by atoms with E-state index < -0.39 is 6.04 Å². The van der Waals surface area contributed by atoms with Crippen molar-refractivity contribution in [3.05, 3.63) is 30.1 Å². The predicted octanol–water partition coefficient (Wildman–Crippen LogP) is 1.99. The van der Waals surface area contributed by atoms with Gasteiger partial charge in [0.25, 0.3) is 5.91 Å². The lowest BCUT2D eigenvalue weighted by atomic mass is 10.1. The van der Waals surface area contributed by atoms with E-state index in [1.54, 1.807) is 35.1 Å². The van der Waals surface area contributed by atoms with E-state index in [2.05, 4.69) is 15.3 Å². The van der Waals surface area contributed by atoms with E-state index in [-0.39, 0.29) is 17.4 Å². The number of fused-ring (bicyclic) bond motifs is 1. The van der Waals surface area contributed by atoms with Crippen molar-refractivity contribution < 1.29 is 9.59 Å². The molecule has 0 unspecified atom stereocenters. The molecule has 3 heterocycles. The molecule has 1 saturated heterocycles. The van der Waals surface area contributed by atoms with Crippen molar-refractivity contribution in [1.82, 2.24) is 20.2 Å². The van der Waals surface area contributed by atoms with Crippen LogP contribution in [0.1, 0.15) is 31.1 Å². The summed E-state index contributed by atoms with van der Waals surface area (Å²) in [4.78, 5) is 34.2. The summed E-state index contributed by atoms with van der Waals surface area (Å²) in [6.07, 6.45) is 3.35. The Hall–Kier alpha value is -2.02. The molecule has 0 spiro atoms. The summed E-state index contributed by atoms with van der Waals surface area (Å²) in [6.45, 7) is 5.81. The van der Waals surface area contributed by atoms with E-state index in [0.29, 0.717) is 22.8 Å². The lowest BCUT2D eigenvalue weighted by Crippen LogP contribution is -2.52. The molecule has 1 aliphatic heterocycles. The number of aromatic nitrogens is 2. The van der Waals surface area contributed by atoms with Crippen LogP contribution in [-0.4, -0.2) is 49.9 Å². The quantitative estimate of drug-likeness (QED) is 0.882. The Morgan fingerprint density at radius 3 is 2.96 bits per heavy atom. The van der Waals surface area contributed by atoms with Gasteiger partial charge in [-0.05, 0) is 32.9 Å². The summed E-state index contributed by atoms with van der Waals surface area (Å²) in [7, 11) is 0. The molecule has 1 atom stereocenters. The fourth-order valence-electron chi connectivity index (χ4n) is 2.60. The normalized spacial score (nSPS) is 18.4. The molecule has 2 aromatic rings. The molecule has 0 radical (unpaired) electrons. The minimum absolute atomic E-state index is 0.103. The summed E-state index contributed by atoms with van der Waals surface area (Å²) >= 11 is 1.59. The Bertz CT molecular complexity index is 750. The van der Waals surface area contributed by atoms with E-state index in [0.717, 1.165) is 5.39 Å². The third-order valence-electron chi connectivity index (χ3n) is 3.63. The van der Waals surface area contributed by atoms with Gasteiger partial charge in [0, 0.05) is 29.1 Å². The molecule has 0 aliphatic carbocycles. The van der Waals surface area contributed by atoms with Crippen LogP contribution >= 0.6 is 11.8 Å². The molecule has 0 saturated carbocycles. The van der Waals surface area contributed by atoms with Gasteiger partial charge in [-0.3, -0.25) is 9.59 Å². The molecule has 1 fully saturated rings. The number of amides is 2. The molecule has 122 valence electrons. The molecule has 23 heavy (non-hydrogen) atoms. The zero-order valence-corrected chi connectivity index (χ0v) is 14.2. The molecule has 2 aromatic heterocycles. The summed E-state index contributed by atoms with van der Waals surface area (Å²) < 4.78 is 0. The fraction of sp³-hybridized carbons (Fsp3) is 0.438. The molecule has 1 aliphatic rings. The average molecular weight is 332 g/mol. The molecule has 3 rings (SSSR count). The smallest absolute Gasteiger partial charge is 0.257 e. The maximum Gasteiger partial charge on any atom is 0.257 e. The summed E-state index contributed by atoms with van der Waals surface area (Å²) in [6, 6.07) is 3.22. The number of nitrogens with one attached hydrogen (secondary N) is 2. The van der Waals surface area contributed by atoms with E-state index in [1.165, 1.54) is 0 Å². The summed E-state index contributed by atoms with van der Waals surface area (Å²) in [5.74, 6) is 0.902. The van der Waals surface area contributed by atoms with Gasteiger partial charge < -0.3 is 15.2 Å². The van der Waals surface area contributed by atoms with Gasteiger partial charge in [-0.2, -0.15) is 0 Å². The van der Waals surface area contributed by atoms with Crippen LogP contribution in [0.15, 0.2) is 24.5 Å². The van der Waals surface area contributed by atoms with Gasteiger partial charge in [0.15, 0.2) is 0 Å². The Morgan fingerprint density at radius 2 is 2.22 bits per heavy atom. The van der Waals surface area contributed by atoms with E-state index >= 15 is 0 Å². The van der Waals surface area contributed by atoms with Crippen molar-refractivity contribution in [2.75, 3.05) is 11.6 Å². The van der Waals surface area contributed by atoms with Crippen molar-refractivity contribution in [1.29, 1.82) is 0 Å². The molecule has 0 aromatic carbocycles. The van der Waals surface area contributed by atoms with Crippen LogP contribution < -0.4 is 5.32 Å². The van der Waals surface area contributed by atoms with Gasteiger partial charge in [0.05, 0.1) is 11.4 Å². The lowest BCUT2D eigenvalue weighted by Gasteiger charge is -2.27. The summed E-state index contributed by atoms with van der Waals surface area (Å²) in [5, 5.41) is 3.74. The van der Waals surface area contributed by atoms with Crippen LogP contribution in [-0.2, 0) is 4.79 Å². The predicted molar refractivity (Wildman–Crippen MR) is 91.3 cm³/mol. The SMILES string of the molecule is CC(C)(C)NC(=O)[C@@H]1CSCN1C(=O)c1c[nH]c2ncccc12. The van der Waals surface area contributed by atoms with Crippen LogP contribution in [0.3, 0.4) is 0 Å². The second-order valence-electron chi connectivity index (χ2n) is 6.63. The lowest BCUT2D eigenvalue weighted by molar-refractivity contribution is -0.125. The third-order valence-corrected chi connectivity index (χ3v) is 4.64. The standard InChI is InChI=1S/C16H20N4O2S/c1-16(2,3)19-14(21)12-8-23-9-20(12)15(22)11-7-18-13-10(11)5-4-6-17-13/h4-7,12H,8-9H2,1-3H3,(H,17,18)(H,19,21)/t12-/m0/s1. The molecule has 7 heteroatoms. The molecule has 2 amide bonds. The average Bonchev–Trinajstić information content (AvgIpc) is 3.12. The molecular formula is C16H20N4O2S. The number of carbonyl (C=O) groups excluding carboxylic acids is 2. The maximum absolute atomic E-state index is 12.9. The second-order valence-corrected chi connectivity index (χ2v) is 7.63. The number of carbonyl (C=O) groups is 2. The Kier molecular flexibility index (Phi) is 4.06. The molecular weight excluding hydrogens is 312 g/mol. The Labute approximate surface area is 139 Å². The van der Waals surface area contributed by atoms with Gasteiger partial charge >= 0.3 is 0 Å². The van der Waals surface area contributed by atoms with Gasteiger partial charge in [0.2, 0.25) is 5.91 Å². The van der Waals surface area contributed by atoms with Crippen molar-refractivity contribution >= 4 is 34.6 Å². The van der Waals surface area contributed by atoms with Gasteiger partial charge in [0.1, 0.15) is 11.7 Å². The maximum atomic E-state index is 12.9. The summed E-state index contributed by atoms with van der Waals surface area (Å²) in [5.41, 5.74) is 0.923. The first-order chi connectivity index (χ1) is 10.9. The van der Waals surface area contributed by atoms with Crippen molar-refractivity contribution in [3.63, 3.8) is 0 Å². The zero-order chi connectivity index (χ0) is 16.6. The highest BCUT2D eigenvalue weighted by Crippen LogP contribution is 2.26.